The summed E-state index contributed by atoms with van der Waals surface area (Å²) in [6.45, 7) is 0.0351. The van der Waals surface area contributed by atoms with Crippen molar-refractivity contribution in [1.29, 1.82) is 0 Å². The van der Waals surface area contributed by atoms with Gasteiger partial charge < -0.3 is 18.9 Å². The zero-order valence-electron chi connectivity index (χ0n) is 16.0. The summed E-state index contributed by atoms with van der Waals surface area (Å²) in [5, 5.41) is 10.3. The summed E-state index contributed by atoms with van der Waals surface area (Å²) in [5.41, 5.74) is 1.55. The van der Waals surface area contributed by atoms with Gasteiger partial charge in [-0.3, -0.25) is 14.6 Å². The van der Waals surface area contributed by atoms with Gasteiger partial charge in [0.05, 0.1) is 17.6 Å². The minimum Gasteiger partial charge on any atom is -0.454 e. The van der Waals surface area contributed by atoms with Gasteiger partial charge in [0.25, 0.3) is 5.78 Å². The lowest BCUT2D eigenvalue weighted by atomic mass is 10.1. The number of fused-ring (bicyclic) bond motifs is 2. The summed E-state index contributed by atoms with van der Waals surface area (Å²) in [6, 6.07) is 12.2. The highest BCUT2D eigenvalue weighted by atomic mass is 16.7. The van der Waals surface area contributed by atoms with Crippen molar-refractivity contribution < 1.29 is 28.5 Å². The Morgan fingerprint density at radius 3 is 2.65 bits per heavy atom. The van der Waals surface area contributed by atoms with E-state index in [2.05, 4.69) is 10.2 Å². The van der Waals surface area contributed by atoms with Gasteiger partial charge >= 0.3 is 0 Å². The van der Waals surface area contributed by atoms with E-state index in [0.29, 0.717) is 40.1 Å². The summed E-state index contributed by atoms with van der Waals surface area (Å²) in [4.78, 5) is 25.3. The Morgan fingerprint density at radius 1 is 0.871 bits per heavy atom. The number of hydrogen-bond donors (Lipinski definition) is 0. The van der Waals surface area contributed by atoms with Gasteiger partial charge in [0.1, 0.15) is 12.2 Å². The number of rotatable bonds is 3. The second-order valence-corrected chi connectivity index (χ2v) is 6.94. The van der Waals surface area contributed by atoms with Gasteiger partial charge in [0.15, 0.2) is 28.7 Å². The highest BCUT2D eigenvalue weighted by Gasteiger charge is 2.34. The van der Waals surface area contributed by atoms with E-state index in [-0.39, 0.29) is 25.8 Å². The highest BCUT2D eigenvalue weighted by Crippen LogP contribution is 2.41. The van der Waals surface area contributed by atoms with E-state index >= 15 is 0 Å². The average Bonchev–Trinajstić information content (AvgIpc) is 3.54. The van der Waals surface area contributed by atoms with E-state index in [9.17, 15) is 9.59 Å². The molecule has 10 nitrogen and oxygen atoms in total. The zero-order valence-corrected chi connectivity index (χ0v) is 16.0. The summed E-state index contributed by atoms with van der Waals surface area (Å²) < 4.78 is 23.2. The molecule has 3 aliphatic heterocycles. The molecule has 0 radical (unpaired) electrons. The third-order valence-corrected chi connectivity index (χ3v) is 5.12. The number of nitrogens with zero attached hydrogens (tertiary/aromatic N) is 4. The third-order valence-electron chi connectivity index (χ3n) is 5.12. The van der Waals surface area contributed by atoms with Gasteiger partial charge in [-0.1, -0.05) is 6.07 Å². The van der Waals surface area contributed by atoms with Crippen molar-refractivity contribution in [2.75, 3.05) is 25.1 Å². The largest absolute Gasteiger partial charge is 0.454 e. The molecule has 0 saturated heterocycles. The molecule has 0 unspecified atom stereocenters. The van der Waals surface area contributed by atoms with Gasteiger partial charge in [-0.25, -0.2) is 4.68 Å². The lowest BCUT2D eigenvalue weighted by Gasteiger charge is -2.24. The van der Waals surface area contributed by atoms with E-state index in [4.69, 9.17) is 18.9 Å². The number of aromatic nitrogens is 2. The van der Waals surface area contributed by atoms with Crippen molar-refractivity contribution >= 4 is 23.0 Å². The minimum absolute atomic E-state index is 0.0112. The number of carbonyl (C=O) groups excluding carboxylic acids is 2. The first-order chi connectivity index (χ1) is 15.2. The van der Waals surface area contributed by atoms with Gasteiger partial charge in [-0.05, 0) is 30.3 Å². The number of hydrogen-bond acceptors (Lipinski definition) is 9. The summed E-state index contributed by atoms with van der Waals surface area (Å²) in [6.07, 6.45) is 1.54. The molecule has 0 bridgehead atoms. The number of benzene rings is 2. The quantitative estimate of drug-likeness (QED) is 0.592. The van der Waals surface area contributed by atoms with Crippen LogP contribution < -0.4 is 24.0 Å². The van der Waals surface area contributed by atoms with E-state index < -0.39 is 11.6 Å². The topological polar surface area (TPSA) is 104 Å². The molecular formula is C21H14N4O6. The number of anilines is 1. The first-order valence-corrected chi connectivity index (χ1v) is 9.46. The Kier molecular flexibility index (Phi) is 3.72. The van der Waals surface area contributed by atoms with E-state index in [0.717, 1.165) is 0 Å². The van der Waals surface area contributed by atoms with Gasteiger partial charge in [0, 0.05) is 6.07 Å². The molecule has 31 heavy (non-hydrogen) atoms. The molecule has 3 aliphatic rings. The Bertz CT molecular complexity index is 1280. The Labute approximate surface area is 175 Å². The zero-order chi connectivity index (χ0) is 20.9. The van der Waals surface area contributed by atoms with Crippen molar-refractivity contribution in [3.05, 3.63) is 54.4 Å². The van der Waals surface area contributed by atoms with Gasteiger partial charge in [-0.2, -0.15) is 10.2 Å². The molecule has 0 aliphatic carbocycles. The van der Waals surface area contributed by atoms with Crippen molar-refractivity contribution in [3.63, 3.8) is 0 Å². The first-order valence-electron chi connectivity index (χ1n) is 9.46. The van der Waals surface area contributed by atoms with Crippen LogP contribution in [0, 0.1) is 0 Å². The predicted octanol–water partition coefficient (Wildman–Crippen LogP) is 1.69. The standard InChI is InChI=1S/C21H14N4O6/c26-15-9-24(14-2-1-3-17-21(14)31-11-29-17)23-19(20(15)27)13-6-7-22-25(13)12-4-5-16-18(8-12)30-10-28-16/h1-8H,9-11H2. The second kappa shape index (κ2) is 6.59. The van der Waals surface area contributed by atoms with Crippen LogP contribution in [0.25, 0.3) is 5.69 Å². The third kappa shape index (κ3) is 2.72. The fraction of sp³-hybridized carbons (Fsp3) is 0.143. The number of hydrazone groups is 1. The van der Waals surface area contributed by atoms with Crippen LogP contribution in [-0.2, 0) is 9.59 Å². The molecule has 4 heterocycles. The van der Waals surface area contributed by atoms with Crippen LogP contribution in [0.15, 0.2) is 53.8 Å². The molecule has 3 aromatic rings. The van der Waals surface area contributed by atoms with Crippen molar-refractivity contribution in [3.8, 4) is 28.7 Å². The molecular weight excluding hydrogens is 404 g/mol. The van der Waals surface area contributed by atoms with Crippen LogP contribution in [-0.4, -0.2) is 47.2 Å². The Hall–Kier alpha value is -4.34. The molecule has 0 atom stereocenters. The minimum atomic E-state index is -0.677. The van der Waals surface area contributed by atoms with Crippen LogP contribution in [0.2, 0.25) is 0 Å². The summed E-state index contributed by atoms with van der Waals surface area (Å²) >= 11 is 0. The van der Waals surface area contributed by atoms with Crippen LogP contribution >= 0.6 is 0 Å². The maximum absolute atomic E-state index is 12.8. The Morgan fingerprint density at radius 2 is 1.71 bits per heavy atom. The van der Waals surface area contributed by atoms with Crippen molar-refractivity contribution in [2.24, 2.45) is 5.10 Å². The monoisotopic (exact) mass is 418 g/mol. The smallest absolute Gasteiger partial charge is 0.252 e. The van der Waals surface area contributed by atoms with Crippen molar-refractivity contribution in [1.82, 2.24) is 9.78 Å². The number of Topliss-reactive ketones (excluding diaryl/α,β-unsaturated/α-hetero) is 2. The Balaban J connectivity index is 1.44. The molecule has 10 heteroatoms. The van der Waals surface area contributed by atoms with Crippen molar-refractivity contribution in [2.45, 2.75) is 0 Å². The first kappa shape index (κ1) is 17.5. The normalized spacial score (nSPS) is 16.6. The lowest BCUT2D eigenvalue weighted by Crippen LogP contribution is -2.42. The van der Waals surface area contributed by atoms with Crippen LogP contribution in [0.4, 0.5) is 5.69 Å². The highest BCUT2D eigenvalue weighted by molar-refractivity contribution is 6.69. The molecule has 0 saturated carbocycles. The molecule has 154 valence electrons. The van der Waals surface area contributed by atoms with Crippen LogP contribution in [0.5, 0.6) is 23.0 Å². The molecule has 0 amide bonds. The second-order valence-electron chi connectivity index (χ2n) is 6.94. The van der Waals surface area contributed by atoms with Crippen LogP contribution in [0.1, 0.15) is 5.69 Å². The molecule has 6 rings (SSSR count). The average molecular weight is 418 g/mol. The van der Waals surface area contributed by atoms with E-state index in [1.807, 2.05) is 0 Å². The maximum atomic E-state index is 12.8. The number of ketones is 2. The fourth-order valence-corrected chi connectivity index (χ4v) is 3.67. The summed E-state index contributed by atoms with van der Waals surface area (Å²) in [5.74, 6) is 0.986. The molecule has 0 N–H and O–H groups in total. The van der Waals surface area contributed by atoms with E-state index in [1.165, 1.54) is 15.9 Å². The maximum Gasteiger partial charge on any atom is 0.252 e. The number of para-hydroxylation sites is 1. The van der Waals surface area contributed by atoms with E-state index in [1.54, 1.807) is 42.5 Å². The van der Waals surface area contributed by atoms with Gasteiger partial charge in [0.2, 0.25) is 19.4 Å². The fourth-order valence-electron chi connectivity index (χ4n) is 3.67. The predicted molar refractivity (Wildman–Crippen MR) is 106 cm³/mol. The molecule has 0 fully saturated rings. The van der Waals surface area contributed by atoms with Gasteiger partial charge in [-0.15, -0.1) is 0 Å². The SMILES string of the molecule is O=C1CN(c2cccc3c2OCO3)N=C(c2ccnn2-c2ccc3c(c2)OCO3)C1=O. The van der Waals surface area contributed by atoms with Crippen LogP contribution in [0.3, 0.4) is 0 Å². The number of ether oxygens (including phenoxy) is 4. The molecule has 1 aromatic heterocycles. The lowest BCUT2D eigenvalue weighted by molar-refractivity contribution is -0.132. The molecule has 0 spiro atoms. The number of carbonyl (C=O) groups is 2. The molecule has 2 aromatic carbocycles. The summed E-state index contributed by atoms with van der Waals surface area (Å²) in [7, 11) is 0.